The lowest BCUT2D eigenvalue weighted by Gasteiger charge is -2.31. The van der Waals surface area contributed by atoms with Crippen LogP contribution in [0.25, 0.3) is 0 Å². The highest BCUT2D eigenvalue weighted by molar-refractivity contribution is 7.15. The SMILES string of the molecule is CC1CCN(c2ccc(CNc3nnc(Cc4ccc(F)cc4)s3)cn2)CC1. The van der Waals surface area contributed by atoms with E-state index in [-0.39, 0.29) is 5.82 Å². The quantitative estimate of drug-likeness (QED) is 0.663. The van der Waals surface area contributed by atoms with Crippen LogP contribution in [-0.2, 0) is 13.0 Å². The van der Waals surface area contributed by atoms with Gasteiger partial charge in [-0.2, -0.15) is 0 Å². The molecule has 28 heavy (non-hydrogen) atoms. The van der Waals surface area contributed by atoms with E-state index in [1.807, 2.05) is 6.20 Å². The van der Waals surface area contributed by atoms with Crippen molar-refractivity contribution in [2.45, 2.75) is 32.7 Å². The highest BCUT2D eigenvalue weighted by Gasteiger charge is 2.16. The molecule has 3 heterocycles. The minimum Gasteiger partial charge on any atom is -0.357 e. The van der Waals surface area contributed by atoms with Crippen LogP contribution in [0.2, 0.25) is 0 Å². The molecule has 0 radical (unpaired) electrons. The van der Waals surface area contributed by atoms with Crippen molar-refractivity contribution in [3.8, 4) is 0 Å². The summed E-state index contributed by atoms with van der Waals surface area (Å²) in [4.78, 5) is 7.00. The molecule has 0 bridgehead atoms. The lowest BCUT2D eigenvalue weighted by atomic mass is 9.99. The molecule has 0 amide bonds. The van der Waals surface area contributed by atoms with E-state index in [0.29, 0.717) is 13.0 Å². The number of aromatic nitrogens is 3. The van der Waals surface area contributed by atoms with Crippen molar-refractivity contribution in [2.75, 3.05) is 23.3 Å². The maximum atomic E-state index is 13.0. The van der Waals surface area contributed by atoms with Crippen LogP contribution in [0.1, 0.15) is 35.9 Å². The summed E-state index contributed by atoms with van der Waals surface area (Å²) in [5.41, 5.74) is 2.14. The van der Waals surface area contributed by atoms with Crippen molar-refractivity contribution in [3.63, 3.8) is 0 Å². The van der Waals surface area contributed by atoms with Gasteiger partial charge in [-0.3, -0.25) is 0 Å². The second kappa shape index (κ2) is 8.65. The van der Waals surface area contributed by atoms with E-state index in [2.05, 4.69) is 44.5 Å². The fourth-order valence-corrected chi connectivity index (χ4v) is 4.07. The van der Waals surface area contributed by atoms with Gasteiger partial charge in [-0.15, -0.1) is 10.2 Å². The first-order valence-electron chi connectivity index (χ1n) is 9.66. The van der Waals surface area contributed by atoms with Gasteiger partial charge in [-0.05, 0) is 48.1 Å². The summed E-state index contributed by atoms with van der Waals surface area (Å²) in [6.07, 6.45) is 5.07. The first kappa shape index (κ1) is 18.8. The van der Waals surface area contributed by atoms with Crippen LogP contribution < -0.4 is 10.2 Å². The van der Waals surface area contributed by atoms with Crippen molar-refractivity contribution in [2.24, 2.45) is 5.92 Å². The van der Waals surface area contributed by atoms with Crippen molar-refractivity contribution >= 4 is 22.3 Å². The molecule has 0 spiro atoms. The molecule has 1 saturated heterocycles. The lowest BCUT2D eigenvalue weighted by molar-refractivity contribution is 0.436. The predicted molar refractivity (Wildman–Crippen MR) is 111 cm³/mol. The average Bonchev–Trinajstić information content (AvgIpc) is 3.17. The van der Waals surface area contributed by atoms with Gasteiger partial charge in [0.25, 0.3) is 0 Å². The van der Waals surface area contributed by atoms with Crippen LogP contribution in [0.4, 0.5) is 15.3 Å². The predicted octanol–water partition coefficient (Wildman–Crippen LogP) is 4.51. The van der Waals surface area contributed by atoms with Gasteiger partial charge >= 0.3 is 0 Å². The Kier molecular flexibility index (Phi) is 5.81. The zero-order valence-electron chi connectivity index (χ0n) is 15.9. The van der Waals surface area contributed by atoms with Crippen LogP contribution in [0.3, 0.4) is 0 Å². The Morgan fingerprint density at radius 3 is 2.54 bits per heavy atom. The molecule has 0 unspecified atom stereocenters. The standard InChI is InChI=1S/C21H24FN5S/c1-15-8-10-27(11-9-15)19-7-4-17(13-23-19)14-24-21-26-25-20(28-21)12-16-2-5-18(22)6-3-16/h2-7,13,15H,8-12,14H2,1H3,(H,24,26). The topological polar surface area (TPSA) is 53.9 Å². The summed E-state index contributed by atoms with van der Waals surface area (Å²) >= 11 is 1.52. The van der Waals surface area contributed by atoms with E-state index in [1.165, 1.54) is 36.3 Å². The first-order chi connectivity index (χ1) is 13.7. The fraction of sp³-hybridized carbons (Fsp3) is 0.381. The van der Waals surface area contributed by atoms with E-state index in [0.717, 1.165) is 46.1 Å². The largest absolute Gasteiger partial charge is 0.357 e. The smallest absolute Gasteiger partial charge is 0.205 e. The normalized spacial score (nSPS) is 15.0. The van der Waals surface area contributed by atoms with Gasteiger partial charge in [-0.1, -0.05) is 36.5 Å². The Morgan fingerprint density at radius 1 is 1.07 bits per heavy atom. The molecule has 1 N–H and O–H groups in total. The molecular formula is C21H24FN5S. The van der Waals surface area contributed by atoms with E-state index < -0.39 is 0 Å². The van der Waals surface area contributed by atoms with Gasteiger partial charge in [0.15, 0.2) is 0 Å². The minimum absolute atomic E-state index is 0.224. The van der Waals surface area contributed by atoms with Crippen molar-refractivity contribution in [1.29, 1.82) is 0 Å². The molecule has 1 aliphatic rings. The number of benzene rings is 1. The van der Waals surface area contributed by atoms with Gasteiger partial charge in [0, 0.05) is 32.3 Å². The highest BCUT2D eigenvalue weighted by atomic mass is 32.1. The Hall–Kier alpha value is -2.54. The van der Waals surface area contributed by atoms with Crippen LogP contribution in [0.15, 0.2) is 42.6 Å². The Balaban J connectivity index is 1.30. The maximum absolute atomic E-state index is 13.0. The van der Waals surface area contributed by atoms with E-state index in [1.54, 1.807) is 12.1 Å². The van der Waals surface area contributed by atoms with Gasteiger partial charge < -0.3 is 10.2 Å². The molecule has 7 heteroatoms. The maximum Gasteiger partial charge on any atom is 0.205 e. The van der Waals surface area contributed by atoms with Gasteiger partial charge in [0.05, 0.1) is 0 Å². The Bertz CT molecular complexity index is 886. The summed E-state index contributed by atoms with van der Waals surface area (Å²) in [7, 11) is 0. The van der Waals surface area contributed by atoms with Gasteiger partial charge in [0.2, 0.25) is 5.13 Å². The van der Waals surface area contributed by atoms with Crippen molar-refractivity contribution < 1.29 is 4.39 Å². The number of rotatable bonds is 6. The van der Waals surface area contributed by atoms with E-state index >= 15 is 0 Å². The number of pyridine rings is 1. The minimum atomic E-state index is -0.224. The molecule has 1 aliphatic heterocycles. The van der Waals surface area contributed by atoms with Crippen LogP contribution in [-0.4, -0.2) is 28.3 Å². The third-order valence-corrected chi connectivity index (χ3v) is 5.98. The molecule has 0 saturated carbocycles. The number of hydrogen-bond donors (Lipinski definition) is 1. The Morgan fingerprint density at radius 2 is 1.82 bits per heavy atom. The molecular weight excluding hydrogens is 373 g/mol. The van der Waals surface area contributed by atoms with E-state index in [4.69, 9.17) is 0 Å². The third kappa shape index (κ3) is 4.84. The number of piperidine rings is 1. The first-order valence-corrected chi connectivity index (χ1v) is 10.5. The lowest BCUT2D eigenvalue weighted by Crippen LogP contribution is -2.33. The second-order valence-corrected chi connectivity index (χ2v) is 8.41. The molecule has 0 aliphatic carbocycles. The molecule has 2 aromatic heterocycles. The molecule has 0 atom stereocenters. The number of nitrogens with zero attached hydrogens (tertiary/aromatic N) is 4. The molecule has 4 rings (SSSR count). The molecule has 3 aromatic rings. The zero-order valence-corrected chi connectivity index (χ0v) is 16.8. The molecule has 1 aromatic carbocycles. The van der Waals surface area contributed by atoms with Crippen molar-refractivity contribution in [1.82, 2.24) is 15.2 Å². The van der Waals surface area contributed by atoms with Crippen molar-refractivity contribution in [3.05, 3.63) is 64.5 Å². The second-order valence-electron chi connectivity index (χ2n) is 7.35. The van der Waals surface area contributed by atoms with Gasteiger partial charge in [0.1, 0.15) is 16.6 Å². The average molecular weight is 398 g/mol. The van der Waals surface area contributed by atoms with Gasteiger partial charge in [-0.25, -0.2) is 9.37 Å². The fourth-order valence-electron chi connectivity index (χ4n) is 3.30. The molecule has 5 nitrogen and oxygen atoms in total. The third-order valence-electron chi connectivity index (χ3n) is 5.10. The zero-order chi connectivity index (χ0) is 19.3. The molecule has 146 valence electrons. The highest BCUT2D eigenvalue weighted by Crippen LogP contribution is 2.22. The number of anilines is 2. The van der Waals surface area contributed by atoms with Crippen LogP contribution in [0.5, 0.6) is 0 Å². The summed E-state index contributed by atoms with van der Waals surface area (Å²) in [6.45, 7) is 5.16. The van der Waals surface area contributed by atoms with Crippen LogP contribution >= 0.6 is 11.3 Å². The number of hydrogen-bond acceptors (Lipinski definition) is 6. The monoisotopic (exact) mass is 397 g/mol. The summed E-state index contributed by atoms with van der Waals surface area (Å²) in [6, 6.07) is 10.7. The van der Waals surface area contributed by atoms with E-state index in [9.17, 15) is 4.39 Å². The molecule has 1 fully saturated rings. The van der Waals surface area contributed by atoms with Crippen LogP contribution in [0, 0.1) is 11.7 Å². The number of nitrogens with one attached hydrogen (secondary N) is 1. The Labute approximate surface area is 168 Å². The summed E-state index contributed by atoms with van der Waals surface area (Å²) in [5, 5.41) is 13.4. The summed E-state index contributed by atoms with van der Waals surface area (Å²) in [5.74, 6) is 1.66. The summed E-state index contributed by atoms with van der Waals surface area (Å²) < 4.78 is 13.0. The number of halogens is 1.